The molecule has 9 heteroatoms. The van der Waals surface area contributed by atoms with Gasteiger partial charge in [-0.2, -0.15) is 0 Å². The molecule has 0 saturated heterocycles. The molecule has 0 aromatic carbocycles. The standard InChI is InChI=1S/C8H20NO7P/c1-9(2,3)4-5-14-17(12,13)15-7-8(6-10)16-11/h8,10H,4-7H2,1-3H3,(H-,11,12,13)/t8-/m0/s1. The molecule has 17 heavy (non-hydrogen) atoms. The van der Waals surface area contributed by atoms with E-state index in [1.165, 1.54) is 0 Å². The van der Waals surface area contributed by atoms with Crippen molar-refractivity contribution in [2.75, 3.05) is 47.5 Å². The van der Waals surface area contributed by atoms with Crippen molar-refractivity contribution in [1.29, 1.82) is 0 Å². The Hall–Kier alpha value is -0.0500. The average molecular weight is 273 g/mol. The van der Waals surface area contributed by atoms with Crippen LogP contribution in [0.5, 0.6) is 0 Å². The van der Waals surface area contributed by atoms with Crippen LogP contribution in [0, 0.1) is 0 Å². The topological polar surface area (TPSA) is 108 Å². The molecule has 2 atom stereocenters. The number of aliphatic hydroxyl groups excluding tert-OH is 1. The van der Waals surface area contributed by atoms with Crippen molar-refractivity contribution in [3.05, 3.63) is 0 Å². The third-order valence-electron chi connectivity index (χ3n) is 1.78. The third kappa shape index (κ3) is 9.63. The van der Waals surface area contributed by atoms with Crippen molar-refractivity contribution < 1.29 is 38.2 Å². The third-order valence-corrected chi connectivity index (χ3v) is 2.75. The van der Waals surface area contributed by atoms with Crippen molar-refractivity contribution in [2.45, 2.75) is 6.10 Å². The molecule has 8 nitrogen and oxygen atoms in total. The minimum absolute atomic E-state index is 0.00590. The van der Waals surface area contributed by atoms with Crippen LogP contribution in [-0.4, -0.2) is 68.5 Å². The van der Waals surface area contributed by atoms with E-state index < -0.39 is 27.1 Å². The lowest BCUT2D eigenvalue weighted by molar-refractivity contribution is -0.870. The van der Waals surface area contributed by atoms with Crippen molar-refractivity contribution in [2.24, 2.45) is 0 Å². The van der Waals surface area contributed by atoms with Crippen molar-refractivity contribution in [3.8, 4) is 0 Å². The highest BCUT2D eigenvalue weighted by molar-refractivity contribution is 7.45. The first-order valence-electron chi connectivity index (χ1n) is 5.02. The molecule has 0 spiro atoms. The number of nitrogens with zero attached hydrogens (tertiary/aromatic N) is 1. The Labute approximate surface area is 100 Å². The quantitative estimate of drug-likeness (QED) is 0.241. The maximum Gasteiger partial charge on any atom is 0.268 e. The number of phosphoric ester groups is 1. The maximum atomic E-state index is 11.2. The number of phosphoric acid groups is 1. The van der Waals surface area contributed by atoms with Crippen LogP contribution in [0.25, 0.3) is 0 Å². The van der Waals surface area contributed by atoms with Gasteiger partial charge >= 0.3 is 0 Å². The summed E-state index contributed by atoms with van der Waals surface area (Å²) < 4.78 is 20.8. The summed E-state index contributed by atoms with van der Waals surface area (Å²) in [6, 6.07) is 0. The van der Waals surface area contributed by atoms with E-state index in [9.17, 15) is 9.46 Å². The number of quaternary nitrogens is 1. The molecule has 1 unspecified atom stereocenters. The number of rotatable bonds is 9. The molecule has 0 heterocycles. The summed E-state index contributed by atoms with van der Waals surface area (Å²) >= 11 is 0. The molecule has 0 aliphatic carbocycles. The molecule has 0 radical (unpaired) electrons. The highest BCUT2D eigenvalue weighted by Gasteiger charge is 2.16. The van der Waals surface area contributed by atoms with Crippen LogP contribution in [0.15, 0.2) is 0 Å². The molecule has 0 bridgehead atoms. The van der Waals surface area contributed by atoms with Gasteiger partial charge in [0.15, 0.2) is 0 Å². The Balaban J connectivity index is 3.92. The molecule has 0 aromatic rings. The van der Waals surface area contributed by atoms with Gasteiger partial charge in [0.1, 0.15) is 19.3 Å². The van der Waals surface area contributed by atoms with Crippen LogP contribution in [-0.2, 0) is 18.5 Å². The highest BCUT2D eigenvalue weighted by atomic mass is 31.2. The molecule has 0 saturated carbocycles. The second-order valence-corrected chi connectivity index (χ2v) is 5.91. The summed E-state index contributed by atoms with van der Waals surface area (Å²) in [4.78, 5) is 15.0. The van der Waals surface area contributed by atoms with E-state index in [2.05, 4.69) is 13.9 Å². The zero-order chi connectivity index (χ0) is 13.5. The second kappa shape index (κ2) is 7.40. The van der Waals surface area contributed by atoms with E-state index in [1.807, 2.05) is 21.1 Å². The van der Waals surface area contributed by atoms with Crippen LogP contribution < -0.4 is 4.89 Å². The first-order chi connectivity index (χ1) is 7.70. The SMILES string of the molecule is C[N+](C)(C)CCOP(=O)([O-])OC[C@H](CO)OO. The predicted octanol–water partition coefficient (Wildman–Crippen LogP) is -0.955. The zero-order valence-corrected chi connectivity index (χ0v) is 11.1. The number of hydrogen-bond donors (Lipinski definition) is 2. The smallest absolute Gasteiger partial charge is 0.268 e. The van der Waals surface area contributed by atoms with E-state index in [1.54, 1.807) is 0 Å². The Morgan fingerprint density at radius 2 is 1.94 bits per heavy atom. The normalized spacial score (nSPS) is 17.8. The molecule has 104 valence electrons. The Kier molecular flexibility index (Phi) is 7.38. The number of likely N-dealkylation sites (N-methyl/N-ethyl adjacent to an activating group) is 1. The fourth-order valence-corrected chi connectivity index (χ4v) is 1.48. The fourth-order valence-electron chi connectivity index (χ4n) is 0.755. The molecule has 0 fully saturated rings. The van der Waals surface area contributed by atoms with E-state index in [-0.39, 0.29) is 6.61 Å². The molecular weight excluding hydrogens is 253 g/mol. The minimum atomic E-state index is -4.42. The van der Waals surface area contributed by atoms with E-state index in [4.69, 9.17) is 10.4 Å². The van der Waals surface area contributed by atoms with Crippen molar-refractivity contribution >= 4 is 7.82 Å². The first-order valence-corrected chi connectivity index (χ1v) is 6.48. The second-order valence-electron chi connectivity index (χ2n) is 4.50. The summed E-state index contributed by atoms with van der Waals surface area (Å²) in [5, 5.41) is 16.8. The molecule has 0 amide bonds. The van der Waals surface area contributed by atoms with E-state index in [0.29, 0.717) is 11.0 Å². The van der Waals surface area contributed by atoms with Crippen molar-refractivity contribution in [3.63, 3.8) is 0 Å². The Morgan fingerprint density at radius 1 is 1.35 bits per heavy atom. The van der Waals surface area contributed by atoms with Gasteiger partial charge in [0.25, 0.3) is 7.82 Å². The Bertz CT molecular complexity index is 251. The molecular formula is C8H20NO7P. The lowest BCUT2D eigenvalue weighted by Gasteiger charge is -2.27. The largest absolute Gasteiger partial charge is 0.756 e. The number of hydrogen-bond acceptors (Lipinski definition) is 7. The summed E-state index contributed by atoms with van der Waals surface area (Å²) in [5.74, 6) is 0. The highest BCUT2D eigenvalue weighted by Crippen LogP contribution is 2.38. The molecule has 0 aromatic heterocycles. The molecule has 0 aliphatic rings. The monoisotopic (exact) mass is 273 g/mol. The van der Waals surface area contributed by atoms with Gasteiger partial charge in [0, 0.05) is 0 Å². The van der Waals surface area contributed by atoms with E-state index >= 15 is 0 Å². The molecule has 0 rings (SSSR count). The summed E-state index contributed by atoms with van der Waals surface area (Å²) in [6.07, 6.45) is -1.11. The van der Waals surface area contributed by atoms with Gasteiger partial charge in [-0.15, -0.1) is 0 Å². The lowest BCUT2D eigenvalue weighted by atomic mass is 10.4. The van der Waals surface area contributed by atoms with Gasteiger partial charge in [-0.1, -0.05) is 0 Å². The fraction of sp³-hybridized carbons (Fsp3) is 1.00. The van der Waals surface area contributed by atoms with Crippen LogP contribution in [0.1, 0.15) is 0 Å². The molecule has 2 N–H and O–H groups in total. The van der Waals surface area contributed by atoms with Gasteiger partial charge in [-0.3, -0.25) is 9.82 Å². The van der Waals surface area contributed by atoms with Gasteiger partial charge < -0.3 is 23.5 Å². The molecule has 0 aliphatic heterocycles. The van der Waals surface area contributed by atoms with Crippen LogP contribution in [0.3, 0.4) is 0 Å². The number of aliphatic hydroxyl groups is 1. The van der Waals surface area contributed by atoms with Crippen LogP contribution in [0.4, 0.5) is 0 Å². The van der Waals surface area contributed by atoms with Gasteiger partial charge in [-0.25, -0.2) is 4.89 Å². The van der Waals surface area contributed by atoms with Gasteiger partial charge in [-0.05, 0) is 0 Å². The minimum Gasteiger partial charge on any atom is -0.756 e. The predicted molar refractivity (Wildman–Crippen MR) is 57.0 cm³/mol. The Morgan fingerprint density at radius 3 is 2.35 bits per heavy atom. The van der Waals surface area contributed by atoms with Crippen LogP contribution >= 0.6 is 7.82 Å². The first kappa shape index (κ1) is 16.9. The van der Waals surface area contributed by atoms with E-state index in [0.717, 1.165) is 0 Å². The summed E-state index contributed by atoms with van der Waals surface area (Å²) in [7, 11) is 1.25. The zero-order valence-electron chi connectivity index (χ0n) is 10.2. The van der Waals surface area contributed by atoms with Crippen LogP contribution in [0.2, 0.25) is 0 Å². The van der Waals surface area contributed by atoms with Gasteiger partial charge in [0.2, 0.25) is 0 Å². The lowest BCUT2D eigenvalue weighted by Crippen LogP contribution is -2.37. The maximum absolute atomic E-state index is 11.2. The summed E-state index contributed by atoms with van der Waals surface area (Å²) in [6.45, 7) is -0.572. The van der Waals surface area contributed by atoms with Crippen molar-refractivity contribution in [1.82, 2.24) is 0 Å². The summed E-state index contributed by atoms with van der Waals surface area (Å²) in [5.41, 5.74) is 0. The average Bonchev–Trinajstić information content (AvgIpc) is 2.16. The van der Waals surface area contributed by atoms with Gasteiger partial charge in [0.05, 0.1) is 34.4 Å².